The van der Waals surface area contributed by atoms with Crippen LogP contribution in [0.4, 0.5) is 11.8 Å². The van der Waals surface area contributed by atoms with Crippen molar-refractivity contribution in [3.05, 3.63) is 11.2 Å². The van der Waals surface area contributed by atoms with Gasteiger partial charge < -0.3 is 4.90 Å². The molecule has 1 heterocycles. The molecule has 1 aliphatic rings. The average Bonchev–Trinajstić information content (AvgIpc) is 2.90. The first-order valence-corrected chi connectivity index (χ1v) is 7.25. The Labute approximate surface area is 119 Å². The zero-order chi connectivity index (χ0) is 13.8. The van der Waals surface area contributed by atoms with Gasteiger partial charge in [-0.05, 0) is 18.8 Å². The van der Waals surface area contributed by atoms with E-state index in [1.54, 1.807) is 6.20 Å². The van der Waals surface area contributed by atoms with Gasteiger partial charge in [0.25, 0.3) is 0 Å². The number of hydrogen-bond donors (Lipinski definition) is 2. The van der Waals surface area contributed by atoms with Gasteiger partial charge in [0.15, 0.2) is 5.82 Å². The zero-order valence-electron chi connectivity index (χ0n) is 11.6. The number of nitrogen functional groups attached to an aromatic ring is 1. The number of rotatable bonds is 5. The van der Waals surface area contributed by atoms with E-state index in [1.807, 2.05) is 0 Å². The predicted molar refractivity (Wildman–Crippen MR) is 79.3 cm³/mol. The summed E-state index contributed by atoms with van der Waals surface area (Å²) < 4.78 is 0. The summed E-state index contributed by atoms with van der Waals surface area (Å²) in [5.41, 5.74) is 2.49. The fourth-order valence-corrected chi connectivity index (χ4v) is 2.85. The van der Waals surface area contributed by atoms with Crippen LogP contribution in [-0.2, 0) is 0 Å². The molecule has 0 aromatic carbocycles. The van der Waals surface area contributed by atoms with Crippen molar-refractivity contribution in [3.63, 3.8) is 0 Å². The second kappa shape index (κ2) is 6.39. The van der Waals surface area contributed by atoms with Crippen LogP contribution in [0.2, 0.25) is 5.02 Å². The van der Waals surface area contributed by atoms with E-state index in [-0.39, 0.29) is 0 Å². The van der Waals surface area contributed by atoms with Crippen LogP contribution in [0.25, 0.3) is 0 Å². The highest BCUT2D eigenvalue weighted by Crippen LogP contribution is 2.32. The first kappa shape index (κ1) is 14.3. The number of aromatic nitrogens is 2. The molecular weight excluding hydrogens is 262 g/mol. The van der Waals surface area contributed by atoms with Crippen LogP contribution in [0.1, 0.15) is 39.5 Å². The van der Waals surface area contributed by atoms with Crippen LogP contribution >= 0.6 is 11.6 Å². The first-order chi connectivity index (χ1) is 9.11. The number of nitrogens with one attached hydrogen (secondary N) is 1. The summed E-state index contributed by atoms with van der Waals surface area (Å²) in [7, 11) is 0. The van der Waals surface area contributed by atoms with E-state index in [0.29, 0.717) is 22.9 Å². The quantitative estimate of drug-likeness (QED) is 0.642. The van der Waals surface area contributed by atoms with Crippen LogP contribution < -0.4 is 16.2 Å². The Morgan fingerprint density at radius 1 is 1.47 bits per heavy atom. The highest BCUT2D eigenvalue weighted by atomic mass is 35.5. The lowest BCUT2D eigenvalue weighted by molar-refractivity contribution is 0.531. The van der Waals surface area contributed by atoms with E-state index < -0.39 is 0 Å². The maximum atomic E-state index is 6.27. The fourth-order valence-electron chi connectivity index (χ4n) is 2.65. The molecule has 5 nitrogen and oxygen atoms in total. The summed E-state index contributed by atoms with van der Waals surface area (Å²) in [5, 5.41) is 0.589. The summed E-state index contributed by atoms with van der Waals surface area (Å²) in [4.78, 5) is 10.8. The topological polar surface area (TPSA) is 67.1 Å². The van der Waals surface area contributed by atoms with Crippen LogP contribution in [0, 0.1) is 5.92 Å². The Balaban J connectivity index is 2.30. The van der Waals surface area contributed by atoms with Crippen LogP contribution in [-0.4, -0.2) is 22.6 Å². The highest BCUT2D eigenvalue weighted by Gasteiger charge is 2.26. The molecule has 2 rings (SSSR count). The molecule has 1 saturated carbocycles. The van der Waals surface area contributed by atoms with Crippen molar-refractivity contribution in [3.8, 4) is 0 Å². The minimum Gasteiger partial charge on any atom is -0.352 e. The van der Waals surface area contributed by atoms with Crippen molar-refractivity contribution >= 4 is 23.4 Å². The molecule has 0 saturated heterocycles. The van der Waals surface area contributed by atoms with Gasteiger partial charge in [-0.25, -0.2) is 10.8 Å². The molecule has 0 unspecified atom stereocenters. The summed E-state index contributed by atoms with van der Waals surface area (Å²) >= 11 is 6.27. The van der Waals surface area contributed by atoms with Crippen LogP contribution in [0.5, 0.6) is 0 Å². The van der Waals surface area contributed by atoms with Gasteiger partial charge in [0.2, 0.25) is 5.95 Å². The third-order valence-electron chi connectivity index (χ3n) is 3.45. The third kappa shape index (κ3) is 3.48. The van der Waals surface area contributed by atoms with Gasteiger partial charge in [-0.15, -0.1) is 0 Å². The van der Waals surface area contributed by atoms with Crippen molar-refractivity contribution in [2.45, 2.75) is 45.6 Å². The van der Waals surface area contributed by atoms with E-state index >= 15 is 0 Å². The smallest absolute Gasteiger partial charge is 0.239 e. The molecule has 3 N–H and O–H groups in total. The van der Waals surface area contributed by atoms with Crippen LogP contribution in [0.15, 0.2) is 6.20 Å². The maximum absolute atomic E-state index is 6.27. The molecule has 0 aliphatic heterocycles. The van der Waals surface area contributed by atoms with Gasteiger partial charge >= 0.3 is 0 Å². The molecule has 6 heteroatoms. The zero-order valence-corrected chi connectivity index (χ0v) is 12.3. The van der Waals surface area contributed by atoms with Crippen molar-refractivity contribution in [2.75, 3.05) is 16.9 Å². The summed E-state index contributed by atoms with van der Waals surface area (Å²) in [6, 6.07) is 0.528. The van der Waals surface area contributed by atoms with E-state index in [9.17, 15) is 0 Å². The third-order valence-corrected chi connectivity index (χ3v) is 3.72. The molecule has 106 valence electrons. The van der Waals surface area contributed by atoms with Crippen molar-refractivity contribution < 1.29 is 0 Å². The monoisotopic (exact) mass is 283 g/mol. The molecule has 1 aliphatic carbocycles. The lowest BCUT2D eigenvalue weighted by atomic mass is 10.1. The van der Waals surface area contributed by atoms with Gasteiger partial charge in [0.05, 0.1) is 6.20 Å². The number of halogens is 1. The normalized spacial score (nSPS) is 16.1. The molecule has 0 atom stereocenters. The standard InChI is InChI=1S/C13H22ClN5/c1-9(2)8-19(10-5-3-4-6-10)12-11(14)7-16-13(17-12)18-15/h7,9-10H,3-6,8,15H2,1-2H3,(H,16,17,18). The molecule has 0 amide bonds. The Morgan fingerprint density at radius 2 is 2.16 bits per heavy atom. The maximum Gasteiger partial charge on any atom is 0.239 e. The first-order valence-electron chi connectivity index (χ1n) is 6.87. The summed E-state index contributed by atoms with van der Waals surface area (Å²) in [5.74, 6) is 7.15. The fraction of sp³-hybridized carbons (Fsp3) is 0.692. The molecule has 19 heavy (non-hydrogen) atoms. The number of hydrogen-bond acceptors (Lipinski definition) is 5. The second-order valence-corrected chi connectivity index (χ2v) is 5.90. The highest BCUT2D eigenvalue weighted by molar-refractivity contribution is 6.32. The molecule has 1 aromatic heterocycles. The van der Waals surface area contributed by atoms with Gasteiger partial charge in [-0.3, -0.25) is 5.43 Å². The number of nitrogens with two attached hydrogens (primary N) is 1. The van der Waals surface area contributed by atoms with Gasteiger partial charge in [-0.1, -0.05) is 38.3 Å². The Bertz CT molecular complexity index is 417. The minimum absolute atomic E-state index is 0.408. The van der Waals surface area contributed by atoms with E-state index in [2.05, 4.69) is 34.1 Å². The molecule has 0 radical (unpaired) electrons. The lowest BCUT2D eigenvalue weighted by Gasteiger charge is -2.32. The number of nitrogens with zero attached hydrogens (tertiary/aromatic N) is 3. The molecule has 1 aromatic rings. The molecular formula is C13H22ClN5. The average molecular weight is 284 g/mol. The summed E-state index contributed by atoms with van der Waals surface area (Å²) in [6.07, 6.45) is 6.59. The van der Waals surface area contributed by atoms with Crippen LogP contribution in [0.3, 0.4) is 0 Å². The lowest BCUT2D eigenvalue weighted by Crippen LogP contribution is -2.37. The largest absolute Gasteiger partial charge is 0.352 e. The predicted octanol–water partition coefficient (Wildman–Crippen LogP) is 2.82. The minimum atomic E-state index is 0.408. The van der Waals surface area contributed by atoms with Gasteiger partial charge in [0.1, 0.15) is 5.02 Å². The summed E-state index contributed by atoms with van der Waals surface area (Å²) in [6.45, 7) is 5.36. The van der Waals surface area contributed by atoms with E-state index in [1.165, 1.54) is 25.7 Å². The Hall–Kier alpha value is -1.07. The van der Waals surface area contributed by atoms with Gasteiger partial charge in [-0.2, -0.15) is 4.98 Å². The SMILES string of the molecule is CC(C)CN(c1nc(NN)ncc1Cl)C1CCCC1. The Kier molecular flexibility index (Phi) is 4.82. The molecule has 0 spiro atoms. The van der Waals surface area contributed by atoms with Crippen molar-refractivity contribution in [2.24, 2.45) is 11.8 Å². The van der Waals surface area contributed by atoms with E-state index in [4.69, 9.17) is 17.4 Å². The van der Waals surface area contributed by atoms with Crippen molar-refractivity contribution in [1.82, 2.24) is 9.97 Å². The second-order valence-electron chi connectivity index (χ2n) is 5.49. The van der Waals surface area contributed by atoms with E-state index in [0.717, 1.165) is 12.4 Å². The molecule has 1 fully saturated rings. The molecule has 0 bridgehead atoms. The number of anilines is 2. The van der Waals surface area contributed by atoms with Crippen molar-refractivity contribution in [1.29, 1.82) is 0 Å². The number of hydrazine groups is 1. The Morgan fingerprint density at radius 3 is 2.74 bits per heavy atom. The van der Waals surface area contributed by atoms with Gasteiger partial charge in [0, 0.05) is 12.6 Å².